The Balaban J connectivity index is 4.15. The Bertz CT molecular complexity index is 1590. The van der Waals surface area contributed by atoms with Crippen LogP contribution in [0.2, 0.25) is 0 Å². The SMILES string of the molecule is CC/C=C\C/C=C\C/C=C\C/C=C\C/C=C\C/C=C\C/C=C\C/C=C\CCCCCCCCCCCCC(=O)OCC(COC(=O)CCCCCCCCCCCC)OC(=O)CCCCCCC/C=C\C/C=C\CCC. The Hall–Kier alpha value is -4.19. The number of allylic oxidation sites excluding steroid dienone is 20. The fourth-order valence-electron chi connectivity index (χ4n) is 8.50. The molecule has 6 heteroatoms. The molecular formula is C70H116O6. The largest absolute Gasteiger partial charge is 0.462 e. The van der Waals surface area contributed by atoms with Gasteiger partial charge in [0.15, 0.2) is 6.10 Å². The fourth-order valence-corrected chi connectivity index (χ4v) is 8.50. The summed E-state index contributed by atoms with van der Waals surface area (Å²) in [6, 6.07) is 0. The molecule has 1 unspecified atom stereocenters. The van der Waals surface area contributed by atoms with Crippen molar-refractivity contribution >= 4 is 17.9 Å². The molecule has 0 rings (SSSR count). The number of carbonyl (C=O) groups excluding carboxylic acids is 3. The quantitative estimate of drug-likeness (QED) is 0.0261. The first-order valence-electron chi connectivity index (χ1n) is 31.5. The second-order valence-electron chi connectivity index (χ2n) is 20.6. The lowest BCUT2D eigenvalue weighted by Gasteiger charge is -2.18. The molecule has 0 aliphatic rings. The van der Waals surface area contributed by atoms with Crippen LogP contribution in [0.15, 0.2) is 122 Å². The standard InChI is InChI=1S/C70H116O6/c1-4-7-10-13-16-19-22-24-25-26-27-28-29-30-31-32-33-34-35-36-37-38-39-40-41-42-43-44-45-47-48-51-54-57-60-63-69(72)75-66-67(65-74-68(71)62-59-56-53-50-21-18-15-12-9-6-3)76-70(73)64-61-58-55-52-49-46-23-20-17-14-11-8-5-2/h7,10-11,14,16,19-20,23-25,27-28,30-31,33-34,36-37,39-40,67H,4-6,8-9,12-13,15,17-18,21-22,26,29,32,35,38,41-66H2,1-3H3/b10-7-,14-11-,19-16-,23-20-,25-24-,28-27-,31-30-,34-33-,37-36-,40-39-. The van der Waals surface area contributed by atoms with E-state index in [0.29, 0.717) is 19.3 Å². The van der Waals surface area contributed by atoms with Gasteiger partial charge in [0.25, 0.3) is 0 Å². The Morgan fingerprint density at radius 2 is 0.539 bits per heavy atom. The van der Waals surface area contributed by atoms with Crippen LogP contribution in [0.5, 0.6) is 0 Å². The van der Waals surface area contributed by atoms with E-state index in [1.54, 1.807) is 0 Å². The van der Waals surface area contributed by atoms with E-state index in [-0.39, 0.29) is 31.1 Å². The Morgan fingerprint density at radius 3 is 0.855 bits per heavy atom. The van der Waals surface area contributed by atoms with Crippen molar-refractivity contribution in [3.8, 4) is 0 Å². The molecule has 0 aliphatic heterocycles. The highest BCUT2D eigenvalue weighted by molar-refractivity contribution is 5.71. The summed E-state index contributed by atoms with van der Waals surface area (Å²) < 4.78 is 16.8. The smallest absolute Gasteiger partial charge is 0.306 e. The van der Waals surface area contributed by atoms with Crippen LogP contribution in [0.4, 0.5) is 0 Å². The predicted molar refractivity (Wildman–Crippen MR) is 330 cm³/mol. The molecule has 0 fully saturated rings. The predicted octanol–water partition coefficient (Wildman–Crippen LogP) is 21.6. The summed E-state index contributed by atoms with van der Waals surface area (Å²) in [5.41, 5.74) is 0. The number of hydrogen-bond donors (Lipinski definition) is 0. The number of unbranched alkanes of at least 4 members (excludes halogenated alkanes) is 25. The molecule has 432 valence electrons. The molecule has 0 aromatic rings. The average molecular weight is 1050 g/mol. The topological polar surface area (TPSA) is 78.9 Å². The molecule has 0 bridgehead atoms. The number of ether oxygens (including phenoxy) is 3. The minimum absolute atomic E-state index is 0.0836. The van der Waals surface area contributed by atoms with E-state index in [1.165, 1.54) is 103 Å². The van der Waals surface area contributed by atoms with Crippen LogP contribution >= 0.6 is 0 Å². The third-order valence-corrected chi connectivity index (χ3v) is 13.2. The molecule has 0 saturated carbocycles. The lowest BCUT2D eigenvalue weighted by Crippen LogP contribution is -2.30. The minimum Gasteiger partial charge on any atom is -0.462 e. The van der Waals surface area contributed by atoms with Crippen molar-refractivity contribution in [1.29, 1.82) is 0 Å². The van der Waals surface area contributed by atoms with Gasteiger partial charge in [0.2, 0.25) is 0 Å². The lowest BCUT2D eigenvalue weighted by atomic mass is 10.1. The van der Waals surface area contributed by atoms with Crippen LogP contribution in [0.3, 0.4) is 0 Å². The summed E-state index contributed by atoms with van der Waals surface area (Å²) in [4.78, 5) is 38.1. The molecule has 6 nitrogen and oxygen atoms in total. The van der Waals surface area contributed by atoms with Gasteiger partial charge >= 0.3 is 17.9 Å². The van der Waals surface area contributed by atoms with E-state index >= 15 is 0 Å². The van der Waals surface area contributed by atoms with Gasteiger partial charge in [-0.05, 0) is 109 Å². The van der Waals surface area contributed by atoms with Crippen LogP contribution in [0, 0.1) is 0 Å². The van der Waals surface area contributed by atoms with E-state index in [0.717, 1.165) is 141 Å². The van der Waals surface area contributed by atoms with Gasteiger partial charge in [0, 0.05) is 19.3 Å². The zero-order chi connectivity index (χ0) is 55.0. The zero-order valence-corrected chi connectivity index (χ0v) is 49.5. The van der Waals surface area contributed by atoms with Crippen molar-refractivity contribution in [3.63, 3.8) is 0 Å². The molecule has 0 heterocycles. The number of carbonyl (C=O) groups is 3. The van der Waals surface area contributed by atoms with E-state index in [2.05, 4.69) is 142 Å². The lowest BCUT2D eigenvalue weighted by molar-refractivity contribution is -0.167. The second kappa shape index (κ2) is 63.3. The summed E-state index contributed by atoms with van der Waals surface area (Å²) in [5.74, 6) is -0.902. The van der Waals surface area contributed by atoms with Gasteiger partial charge in [0.1, 0.15) is 13.2 Å². The molecule has 0 amide bonds. The maximum atomic E-state index is 12.8. The maximum absolute atomic E-state index is 12.8. The highest BCUT2D eigenvalue weighted by atomic mass is 16.6. The van der Waals surface area contributed by atoms with Crippen molar-refractivity contribution in [1.82, 2.24) is 0 Å². The highest BCUT2D eigenvalue weighted by Gasteiger charge is 2.19. The van der Waals surface area contributed by atoms with Crippen LogP contribution < -0.4 is 0 Å². The van der Waals surface area contributed by atoms with Crippen molar-refractivity contribution in [2.45, 2.75) is 290 Å². The summed E-state index contributed by atoms with van der Waals surface area (Å²) in [5, 5.41) is 0. The summed E-state index contributed by atoms with van der Waals surface area (Å²) in [7, 11) is 0. The maximum Gasteiger partial charge on any atom is 0.306 e. The second-order valence-corrected chi connectivity index (χ2v) is 20.6. The van der Waals surface area contributed by atoms with Crippen LogP contribution in [-0.4, -0.2) is 37.2 Å². The molecule has 0 aliphatic carbocycles. The fraction of sp³-hybridized carbons (Fsp3) is 0.671. The normalized spacial score (nSPS) is 12.9. The minimum atomic E-state index is -0.786. The zero-order valence-electron chi connectivity index (χ0n) is 49.5. The first-order valence-corrected chi connectivity index (χ1v) is 31.5. The van der Waals surface area contributed by atoms with E-state index in [9.17, 15) is 14.4 Å². The van der Waals surface area contributed by atoms with Gasteiger partial charge in [-0.25, -0.2) is 0 Å². The van der Waals surface area contributed by atoms with Crippen molar-refractivity contribution in [3.05, 3.63) is 122 Å². The summed E-state index contributed by atoms with van der Waals surface area (Å²) >= 11 is 0. The summed E-state index contributed by atoms with van der Waals surface area (Å²) in [6.45, 7) is 6.44. The molecule has 1 atom stereocenters. The van der Waals surface area contributed by atoms with E-state index in [1.807, 2.05) is 0 Å². The van der Waals surface area contributed by atoms with Gasteiger partial charge in [0.05, 0.1) is 0 Å². The summed E-state index contributed by atoms with van der Waals surface area (Å²) in [6.07, 6.45) is 87.9. The molecule has 0 N–H and O–H groups in total. The van der Waals surface area contributed by atoms with Crippen LogP contribution in [0.25, 0.3) is 0 Å². The van der Waals surface area contributed by atoms with Gasteiger partial charge in [-0.1, -0.05) is 277 Å². The molecule has 76 heavy (non-hydrogen) atoms. The van der Waals surface area contributed by atoms with Crippen molar-refractivity contribution < 1.29 is 28.6 Å². The van der Waals surface area contributed by atoms with Gasteiger partial charge < -0.3 is 14.2 Å². The molecule has 0 spiro atoms. The van der Waals surface area contributed by atoms with Gasteiger partial charge in [-0.2, -0.15) is 0 Å². The molecule has 0 aromatic heterocycles. The highest BCUT2D eigenvalue weighted by Crippen LogP contribution is 2.15. The molecule has 0 aromatic carbocycles. The number of hydrogen-bond acceptors (Lipinski definition) is 6. The Kier molecular flexibility index (Phi) is 59.9. The Morgan fingerprint density at radius 1 is 0.276 bits per heavy atom. The van der Waals surface area contributed by atoms with E-state index in [4.69, 9.17) is 14.2 Å². The first kappa shape index (κ1) is 71.8. The Labute approximate surface area is 469 Å². The average Bonchev–Trinajstić information content (AvgIpc) is 3.42. The third kappa shape index (κ3) is 60.7. The number of esters is 3. The monoisotopic (exact) mass is 1050 g/mol. The third-order valence-electron chi connectivity index (χ3n) is 13.2. The molecule has 0 saturated heterocycles. The van der Waals surface area contributed by atoms with E-state index < -0.39 is 6.10 Å². The molecule has 0 radical (unpaired) electrons. The van der Waals surface area contributed by atoms with Crippen molar-refractivity contribution in [2.75, 3.05) is 13.2 Å². The van der Waals surface area contributed by atoms with Crippen LogP contribution in [-0.2, 0) is 28.6 Å². The van der Waals surface area contributed by atoms with Gasteiger partial charge in [-0.3, -0.25) is 14.4 Å². The number of rotatable bonds is 56. The van der Waals surface area contributed by atoms with Gasteiger partial charge in [-0.15, -0.1) is 0 Å². The van der Waals surface area contributed by atoms with Crippen LogP contribution in [0.1, 0.15) is 284 Å². The van der Waals surface area contributed by atoms with Crippen molar-refractivity contribution in [2.24, 2.45) is 0 Å². The molecular weight excluding hydrogens is 937 g/mol. The first-order chi connectivity index (χ1) is 37.5.